The molecular weight excluding hydrogens is 348 g/mol. The molecule has 0 aliphatic heterocycles. The summed E-state index contributed by atoms with van der Waals surface area (Å²) in [6.45, 7) is 2.52. The number of nitrogens with zero attached hydrogens (tertiary/aromatic N) is 3. The van der Waals surface area contributed by atoms with Gasteiger partial charge >= 0.3 is 0 Å². The highest BCUT2D eigenvalue weighted by molar-refractivity contribution is 7.99. The molecular formula is C19H20N4O2S. The number of hydrogen-bond acceptors (Lipinski definition) is 5. The molecule has 3 rings (SSSR count). The SMILES string of the molecule is CCOc1ccccc1-c1nnc(SCC(=O)Nc2ccccc2)n1C. The largest absolute Gasteiger partial charge is 0.493 e. The highest BCUT2D eigenvalue weighted by Gasteiger charge is 2.16. The summed E-state index contributed by atoms with van der Waals surface area (Å²) in [5.74, 6) is 1.65. The summed E-state index contributed by atoms with van der Waals surface area (Å²) in [6, 6.07) is 17.1. The smallest absolute Gasteiger partial charge is 0.234 e. The van der Waals surface area contributed by atoms with Crippen LogP contribution < -0.4 is 10.1 Å². The van der Waals surface area contributed by atoms with Crippen LogP contribution in [0.5, 0.6) is 5.75 Å². The molecule has 1 amide bonds. The minimum atomic E-state index is -0.0829. The predicted octanol–water partition coefficient (Wildman–Crippen LogP) is 3.61. The monoisotopic (exact) mass is 368 g/mol. The Morgan fingerprint density at radius 1 is 1.12 bits per heavy atom. The second-order valence-electron chi connectivity index (χ2n) is 5.50. The van der Waals surface area contributed by atoms with Crippen LogP contribution >= 0.6 is 11.8 Å². The van der Waals surface area contributed by atoms with Gasteiger partial charge in [-0.15, -0.1) is 10.2 Å². The van der Waals surface area contributed by atoms with Gasteiger partial charge in [0, 0.05) is 12.7 Å². The zero-order chi connectivity index (χ0) is 18.4. The van der Waals surface area contributed by atoms with Crippen LogP contribution in [0, 0.1) is 0 Å². The van der Waals surface area contributed by atoms with Gasteiger partial charge in [-0.05, 0) is 31.2 Å². The average Bonchev–Trinajstić information content (AvgIpc) is 3.02. The molecule has 2 aromatic carbocycles. The molecule has 0 aliphatic carbocycles. The molecule has 0 radical (unpaired) electrons. The van der Waals surface area contributed by atoms with E-state index in [4.69, 9.17) is 4.74 Å². The van der Waals surface area contributed by atoms with Crippen molar-refractivity contribution in [2.75, 3.05) is 17.7 Å². The van der Waals surface area contributed by atoms with Crippen LogP contribution in [-0.2, 0) is 11.8 Å². The van der Waals surface area contributed by atoms with E-state index in [0.29, 0.717) is 17.6 Å². The predicted molar refractivity (Wildman–Crippen MR) is 103 cm³/mol. The topological polar surface area (TPSA) is 69.0 Å². The molecule has 134 valence electrons. The molecule has 7 heteroatoms. The van der Waals surface area contributed by atoms with E-state index >= 15 is 0 Å². The number of carbonyl (C=O) groups excluding carboxylic acids is 1. The van der Waals surface area contributed by atoms with E-state index in [0.717, 1.165) is 17.0 Å². The van der Waals surface area contributed by atoms with Crippen molar-refractivity contribution in [3.8, 4) is 17.1 Å². The molecule has 0 atom stereocenters. The van der Waals surface area contributed by atoms with Crippen molar-refractivity contribution in [2.24, 2.45) is 7.05 Å². The van der Waals surface area contributed by atoms with Crippen molar-refractivity contribution in [3.63, 3.8) is 0 Å². The van der Waals surface area contributed by atoms with Gasteiger partial charge in [0.25, 0.3) is 0 Å². The van der Waals surface area contributed by atoms with E-state index in [-0.39, 0.29) is 11.7 Å². The Morgan fingerprint density at radius 2 is 1.85 bits per heavy atom. The van der Waals surface area contributed by atoms with Crippen LogP contribution in [0.2, 0.25) is 0 Å². The van der Waals surface area contributed by atoms with E-state index < -0.39 is 0 Å². The van der Waals surface area contributed by atoms with E-state index in [9.17, 15) is 4.79 Å². The van der Waals surface area contributed by atoms with Crippen molar-refractivity contribution in [3.05, 3.63) is 54.6 Å². The number of carbonyl (C=O) groups is 1. The number of ether oxygens (including phenoxy) is 1. The van der Waals surface area contributed by atoms with Crippen molar-refractivity contribution in [2.45, 2.75) is 12.1 Å². The molecule has 6 nitrogen and oxygen atoms in total. The van der Waals surface area contributed by atoms with E-state index in [2.05, 4.69) is 15.5 Å². The maximum absolute atomic E-state index is 12.1. The van der Waals surface area contributed by atoms with E-state index in [1.807, 2.05) is 73.1 Å². The molecule has 0 bridgehead atoms. The second-order valence-corrected chi connectivity index (χ2v) is 6.44. The molecule has 0 saturated heterocycles. The van der Waals surface area contributed by atoms with Gasteiger partial charge < -0.3 is 14.6 Å². The second kappa shape index (κ2) is 8.53. The molecule has 1 aromatic heterocycles. The van der Waals surface area contributed by atoms with Gasteiger partial charge in [-0.2, -0.15) is 0 Å². The summed E-state index contributed by atoms with van der Waals surface area (Å²) in [4.78, 5) is 12.1. The number of para-hydroxylation sites is 2. The van der Waals surface area contributed by atoms with Gasteiger partial charge in [0.15, 0.2) is 11.0 Å². The Balaban J connectivity index is 1.69. The van der Waals surface area contributed by atoms with Crippen LogP contribution in [0.25, 0.3) is 11.4 Å². The number of benzene rings is 2. The molecule has 26 heavy (non-hydrogen) atoms. The molecule has 0 saturated carbocycles. The first-order valence-corrected chi connectivity index (χ1v) is 9.27. The number of rotatable bonds is 7. The van der Waals surface area contributed by atoms with Crippen molar-refractivity contribution < 1.29 is 9.53 Å². The Hall–Kier alpha value is -2.80. The van der Waals surface area contributed by atoms with Gasteiger partial charge in [-0.1, -0.05) is 42.1 Å². The lowest BCUT2D eigenvalue weighted by molar-refractivity contribution is -0.113. The fraction of sp³-hybridized carbons (Fsp3) is 0.211. The molecule has 0 unspecified atom stereocenters. The fourth-order valence-corrected chi connectivity index (χ4v) is 3.17. The Bertz CT molecular complexity index is 880. The van der Waals surface area contributed by atoms with E-state index in [1.165, 1.54) is 11.8 Å². The average molecular weight is 368 g/mol. The lowest BCUT2D eigenvalue weighted by Gasteiger charge is -2.09. The highest BCUT2D eigenvalue weighted by Crippen LogP contribution is 2.30. The van der Waals surface area contributed by atoms with Gasteiger partial charge in [-0.3, -0.25) is 4.79 Å². The summed E-state index contributed by atoms with van der Waals surface area (Å²) in [5.41, 5.74) is 1.66. The number of nitrogens with one attached hydrogen (secondary N) is 1. The fourth-order valence-electron chi connectivity index (χ4n) is 2.46. The first kappa shape index (κ1) is 18.0. The van der Waals surface area contributed by atoms with Gasteiger partial charge in [0.2, 0.25) is 5.91 Å². The number of thioether (sulfide) groups is 1. The van der Waals surface area contributed by atoms with E-state index in [1.54, 1.807) is 0 Å². The zero-order valence-corrected chi connectivity index (χ0v) is 15.5. The van der Waals surface area contributed by atoms with Crippen LogP contribution in [-0.4, -0.2) is 33.0 Å². The Kier molecular flexibility index (Phi) is 5.91. The molecule has 1 heterocycles. The number of hydrogen-bond donors (Lipinski definition) is 1. The summed E-state index contributed by atoms with van der Waals surface area (Å²) >= 11 is 1.35. The summed E-state index contributed by atoms with van der Waals surface area (Å²) in [5, 5.41) is 12.0. The highest BCUT2D eigenvalue weighted by atomic mass is 32.2. The quantitative estimate of drug-likeness (QED) is 0.645. The Labute approximate surface area is 156 Å². The molecule has 1 N–H and O–H groups in total. The number of amides is 1. The van der Waals surface area contributed by atoms with Gasteiger partial charge in [0.1, 0.15) is 5.75 Å². The molecule has 0 spiro atoms. The first-order valence-electron chi connectivity index (χ1n) is 8.28. The van der Waals surface area contributed by atoms with Gasteiger partial charge in [-0.25, -0.2) is 0 Å². The minimum absolute atomic E-state index is 0.0829. The van der Waals surface area contributed by atoms with Crippen molar-refractivity contribution >= 4 is 23.4 Å². The zero-order valence-electron chi connectivity index (χ0n) is 14.7. The standard InChI is InChI=1S/C19H20N4O2S/c1-3-25-16-12-8-7-11-15(16)18-21-22-19(23(18)2)26-13-17(24)20-14-9-5-4-6-10-14/h4-12H,3,13H2,1-2H3,(H,20,24). The third-order valence-electron chi connectivity index (χ3n) is 3.65. The summed E-state index contributed by atoms with van der Waals surface area (Å²) in [7, 11) is 1.88. The maximum atomic E-state index is 12.1. The van der Waals surface area contributed by atoms with Crippen molar-refractivity contribution in [1.82, 2.24) is 14.8 Å². The van der Waals surface area contributed by atoms with Crippen molar-refractivity contribution in [1.29, 1.82) is 0 Å². The third kappa shape index (κ3) is 4.23. The van der Waals surface area contributed by atoms with Crippen LogP contribution in [0.3, 0.4) is 0 Å². The lowest BCUT2D eigenvalue weighted by Crippen LogP contribution is -2.14. The maximum Gasteiger partial charge on any atom is 0.234 e. The van der Waals surface area contributed by atoms with Crippen LogP contribution in [0.15, 0.2) is 59.8 Å². The van der Waals surface area contributed by atoms with Crippen LogP contribution in [0.1, 0.15) is 6.92 Å². The lowest BCUT2D eigenvalue weighted by atomic mass is 10.2. The third-order valence-corrected chi connectivity index (χ3v) is 4.67. The number of anilines is 1. The molecule has 0 fully saturated rings. The Morgan fingerprint density at radius 3 is 2.62 bits per heavy atom. The molecule has 3 aromatic rings. The summed E-state index contributed by atoms with van der Waals surface area (Å²) < 4.78 is 7.54. The van der Waals surface area contributed by atoms with Gasteiger partial charge in [0.05, 0.1) is 17.9 Å². The number of aromatic nitrogens is 3. The summed E-state index contributed by atoms with van der Waals surface area (Å²) in [6.07, 6.45) is 0. The minimum Gasteiger partial charge on any atom is -0.493 e. The normalized spacial score (nSPS) is 10.5. The first-order chi connectivity index (χ1) is 12.7. The van der Waals surface area contributed by atoms with Crippen LogP contribution in [0.4, 0.5) is 5.69 Å². The molecule has 0 aliphatic rings.